The van der Waals surface area contributed by atoms with Crippen LogP contribution in [0.5, 0.6) is 0 Å². The lowest BCUT2D eigenvalue weighted by Gasteiger charge is -2.62. The van der Waals surface area contributed by atoms with Crippen LogP contribution in [0, 0.1) is 23.2 Å². The van der Waals surface area contributed by atoms with Crippen LogP contribution in [-0.4, -0.2) is 68.0 Å². The third-order valence-corrected chi connectivity index (χ3v) is 12.3. The van der Waals surface area contributed by atoms with Gasteiger partial charge < -0.3 is 15.5 Å². The number of hydrogen-bond acceptors (Lipinski definition) is 5. The molecule has 2 aromatic rings. The second kappa shape index (κ2) is 12.6. The maximum absolute atomic E-state index is 13.5. The average molecular weight is 615 g/mol. The van der Waals surface area contributed by atoms with E-state index in [4.69, 9.17) is 11.6 Å². The third-order valence-electron chi connectivity index (χ3n) is 10.2. The van der Waals surface area contributed by atoms with Crippen molar-refractivity contribution in [3.8, 4) is 0 Å². The van der Waals surface area contributed by atoms with E-state index in [2.05, 4.69) is 74.7 Å². The van der Waals surface area contributed by atoms with Crippen LogP contribution >= 0.6 is 11.6 Å². The largest absolute Gasteiger partial charge is 0.352 e. The van der Waals surface area contributed by atoms with Gasteiger partial charge in [0.15, 0.2) is 0 Å². The van der Waals surface area contributed by atoms with Crippen molar-refractivity contribution in [3.63, 3.8) is 0 Å². The molecule has 2 N–H and O–H groups in total. The highest BCUT2D eigenvalue weighted by Gasteiger charge is 2.56. The quantitative estimate of drug-likeness (QED) is 0.384. The fraction of sp³-hybridized carbons (Fsp3) is 0.606. The van der Waals surface area contributed by atoms with Crippen LogP contribution < -0.4 is 10.6 Å². The van der Waals surface area contributed by atoms with E-state index in [0.29, 0.717) is 36.1 Å². The summed E-state index contributed by atoms with van der Waals surface area (Å²) < 4.78 is 27.6. The van der Waals surface area contributed by atoms with Gasteiger partial charge in [0.25, 0.3) is 0 Å². The lowest BCUT2D eigenvalue weighted by Crippen LogP contribution is -2.61. The number of fused-ring (bicyclic) bond motifs is 2. The molecule has 1 unspecified atom stereocenters. The van der Waals surface area contributed by atoms with Crippen molar-refractivity contribution in [2.45, 2.75) is 77.7 Å². The molecule has 0 spiro atoms. The summed E-state index contributed by atoms with van der Waals surface area (Å²) in [6, 6.07) is 15.7. The first-order valence-corrected chi connectivity index (χ1v) is 17.3. The topological polar surface area (TPSA) is 81.8 Å². The highest BCUT2D eigenvalue weighted by Crippen LogP contribution is 2.61. The Bertz CT molecular complexity index is 1360. The Balaban J connectivity index is 1.22. The summed E-state index contributed by atoms with van der Waals surface area (Å²) in [6.45, 7) is 8.68. The number of sulfonamides is 1. The van der Waals surface area contributed by atoms with Gasteiger partial charge in [0.05, 0.1) is 5.75 Å². The normalized spacial score (nSPS) is 28.8. The van der Waals surface area contributed by atoms with Crippen molar-refractivity contribution >= 4 is 27.5 Å². The number of likely N-dealkylation sites (N-methyl/N-ethyl adjacent to an activating group) is 1. The molecule has 3 aliphatic carbocycles. The van der Waals surface area contributed by atoms with E-state index >= 15 is 0 Å². The van der Waals surface area contributed by atoms with Gasteiger partial charge in [-0.05, 0) is 91.8 Å². The summed E-state index contributed by atoms with van der Waals surface area (Å²) in [5, 5.41) is 7.70. The van der Waals surface area contributed by atoms with E-state index in [0.717, 1.165) is 35.5 Å². The summed E-state index contributed by atoms with van der Waals surface area (Å²) in [4.78, 5) is 15.7. The molecule has 42 heavy (non-hydrogen) atoms. The van der Waals surface area contributed by atoms with E-state index in [1.165, 1.54) is 16.3 Å². The molecule has 0 aromatic heterocycles. The van der Waals surface area contributed by atoms with Crippen LogP contribution in [-0.2, 0) is 34.3 Å². The first kappa shape index (κ1) is 31.5. The van der Waals surface area contributed by atoms with E-state index in [1.54, 1.807) is 0 Å². The number of halogens is 1. The average Bonchev–Trinajstić information content (AvgIpc) is 3.23. The molecular weight excluding hydrogens is 568 g/mol. The number of hydrogen-bond donors (Lipinski definition) is 2. The molecule has 2 bridgehead atoms. The van der Waals surface area contributed by atoms with Crippen molar-refractivity contribution in [2.24, 2.45) is 23.2 Å². The SMILES string of the molecule is C[C@@H]1[C@@H](NC(=O)C2CCS(=O)(=O)N2Cc2cccc(CN[C@@H](Cc3ccc(Cl)cc3)CN(C)C)c2)C[C@H]2C[C@@H]1C2(C)C. The van der Waals surface area contributed by atoms with Crippen LogP contribution in [0.3, 0.4) is 0 Å². The Labute approximate surface area is 257 Å². The summed E-state index contributed by atoms with van der Waals surface area (Å²) in [7, 11) is 0.634. The standard InChI is InChI=1S/C33H47ClN4O3S/c1-22-29-17-26(33(29,2)3)18-30(22)36-32(39)31-13-14-42(40,41)38(31)20-25-8-6-7-24(15-25)19-35-28(21-37(4)5)16-23-9-11-27(34)12-10-23/h6-12,15,22,26,28-31,35H,13-14,16-21H2,1-5H3,(H,36,39)/t22-,26+,28-,29-,30-,31?/m0/s1. The summed E-state index contributed by atoms with van der Waals surface area (Å²) in [5.41, 5.74) is 3.54. The third kappa shape index (κ3) is 6.88. The zero-order valence-corrected chi connectivity index (χ0v) is 27.2. The van der Waals surface area contributed by atoms with Gasteiger partial charge in [0.2, 0.25) is 15.9 Å². The molecule has 2 aromatic carbocycles. The van der Waals surface area contributed by atoms with Crippen LogP contribution in [0.15, 0.2) is 48.5 Å². The highest BCUT2D eigenvalue weighted by molar-refractivity contribution is 7.89. The van der Waals surface area contributed by atoms with E-state index < -0.39 is 16.1 Å². The first-order chi connectivity index (χ1) is 19.8. The molecule has 7 nitrogen and oxygen atoms in total. The van der Waals surface area contributed by atoms with Gasteiger partial charge in [-0.25, -0.2) is 8.42 Å². The lowest BCUT2D eigenvalue weighted by molar-refractivity contribution is -0.136. The summed E-state index contributed by atoms with van der Waals surface area (Å²) in [5.74, 6) is 1.53. The van der Waals surface area contributed by atoms with Crippen LogP contribution in [0.2, 0.25) is 5.02 Å². The molecule has 1 saturated heterocycles. The molecule has 4 fully saturated rings. The molecule has 1 aliphatic heterocycles. The Morgan fingerprint density at radius 2 is 1.81 bits per heavy atom. The zero-order chi connectivity index (χ0) is 30.2. The molecule has 6 rings (SSSR count). The van der Waals surface area contributed by atoms with Crippen molar-refractivity contribution < 1.29 is 13.2 Å². The number of nitrogens with one attached hydrogen (secondary N) is 2. The minimum Gasteiger partial charge on any atom is -0.352 e. The molecule has 4 aliphatic rings. The molecule has 230 valence electrons. The van der Waals surface area contributed by atoms with Gasteiger partial charge in [-0.3, -0.25) is 4.79 Å². The first-order valence-electron chi connectivity index (χ1n) is 15.3. The lowest BCUT2D eigenvalue weighted by atomic mass is 9.45. The molecule has 3 saturated carbocycles. The number of nitrogens with zero attached hydrogens (tertiary/aromatic N) is 2. The maximum Gasteiger partial charge on any atom is 0.238 e. The summed E-state index contributed by atoms with van der Waals surface area (Å²) >= 11 is 6.07. The maximum atomic E-state index is 13.5. The van der Waals surface area contributed by atoms with E-state index in [-0.39, 0.29) is 30.3 Å². The highest BCUT2D eigenvalue weighted by atomic mass is 35.5. The molecule has 9 heteroatoms. The van der Waals surface area contributed by atoms with Crippen molar-refractivity contribution in [3.05, 3.63) is 70.2 Å². The van der Waals surface area contributed by atoms with Crippen molar-refractivity contribution in [2.75, 3.05) is 26.4 Å². The number of benzene rings is 2. The van der Waals surface area contributed by atoms with E-state index in [1.807, 2.05) is 24.3 Å². The monoisotopic (exact) mass is 614 g/mol. The van der Waals surface area contributed by atoms with Crippen molar-refractivity contribution in [1.29, 1.82) is 0 Å². The summed E-state index contributed by atoms with van der Waals surface area (Å²) in [6.07, 6.45) is 3.44. The Hall–Kier alpha value is -1.97. The zero-order valence-electron chi connectivity index (χ0n) is 25.6. The predicted molar refractivity (Wildman–Crippen MR) is 170 cm³/mol. The molecule has 6 atom stereocenters. The van der Waals surface area contributed by atoms with Crippen LogP contribution in [0.1, 0.15) is 56.7 Å². The molecule has 1 amide bonds. The number of carbonyl (C=O) groups is 1. The second-order valence-electron chi connectivity index (χ2n) is 13.7. The van der Waals surface area contributed by atoms with E-state index in [9.17, 15) is 13.2 Å². The van der Waals surface area contributed by atoms with Crippen molar-refractivity contribution in [1.82, 2.24) is 19.8 Å². The number of carbonyl (C=O) groups excluding carboxylic acids is 1. The Morgan fingerprint density at radius 3 is 2.48 bits per heavy atom. The van der Waals surface area contributed by atoms with Gasteiger partial charge in [-0.2, -0.15) is 4.31 Å². The van der Waals surface area contributed by atoms with Gasteiger partial charge in [0.1, 0.15) is 6.04 Å². The Kier molecular flexibility index (Phi) is 9.41. The van der Waals surface area contributed by atoms with Gasteiger partial charge >= 0.3 is 0 Å². The molecular formula is C33H47ClN4O3S. The number of amides is 1. The van der Waals surface area contributed by atoms with Gasteiger partial charge in [-0.1, -0.05) is 68.8 Å². The van der Waals surface area contributed by atoms with Gasteiger partial charge in [-0.15, -0.1) is 0 Å². The minimum absolute atomic E-state index is 0.0156. The second-order valence-corrected chi connectivity index (χ2v) is 16.2. The fourth-order valence-corrected chi connectivity index (χ4v) is 9.45. The molecule has 1 heterocycles. The minimum atomic E-state index is -3.50. The van der Waals surface area contributed by atoms with Gasteiger partial charge in [0, 0.05) is 36.7 Å². The Morgan fingerprint density at radius 1 is 1.10 bits per heavy atom. The van der Waals surface area contributed by atoms with Crippen LogP contribution in [0.25, 0.3) is 0 Å². The molecule has 0 radical (unpaired) electrons. The number of rotatable bonds is 11. The fourth-order valence-electron chi connectivity index (χ4n) is 7.63. The van der Waals surface area contributed by atoms with Crippen LogP contribution in [0.4, 0.5) is 0 Å². The smallest absolute Gasteiger partial charge is 0.238 e. The predicted octanol–water partition coefficient (Wildman–Crippen LogP) is 4.69.